The number of hydrogen-bond donors (Lipinski definition) is 0. The van der Waals surface area contributed by atoms with Crippen LogP contribution in [0.4, 0.5) is 0 Å². The van der Waals surface area contributed by atoms with Gasteiger partial charge in [-0.2, -0.15) is 11.1 Å². The summed E-state index contributed by atoms with van der Waals surface area (Å²) in [6.07, 6.45) is 3.36. The number of allylic oxidation sites excluding steroid dienone is 4. The van der Waals surface area contributed by atoms with E-state index in [-0.39, 0.29) is 57.4 Å². The molecule has 0 fully saturated rings. The van der Waals surface area contributed by atoms with Crippen molar-refractivity contribution in [3.05, 3.63) is 28.5 Å². The van der Waals surface area contributed by atoms with Gasteiger partial charge in [-0.15, -0.1) is 6.92 Å². The molecular weight excluding hydrogens is 364 g/mol. The zero-order valence-corrected chi connectivity index (χ0v) is 17.0. The summed E-state index contributed by atoms with van der Waals surface area (Å²) in [5.74, 6) is 0.560. The molecule has 1 unspecified atom stereocenters. The van der Waals surface area contributed by atoms with Crippen molar-refractivity contribution in [2.75, 3.05) is 0 Å². The van der Waals surface area contributed by atoms with E-state index in [1.807, 2.05) is 0 Å². The predicted octanol–water partition coefficient (Wildman–Crippen LogP) is -2.56. The standard InChI is InChI=1S/C9H13.C2H7Si.CH3NO.2ClH.Zr/c1-6-5-7(2)9(4)8(6)3;1-3-2;2-1-3;;;/h6H,1-4H3;3H,1-2H3;1H,(H2,2,3);2*1H;/q-1;;;;;+4/p-3. The fourth-order valence-electron chi connectivity index (χ4n) is 1.16. The second-order valence-corrected chi connectivity index (χ2v) is 4.65. The van der Waals surface area contributed by atoms with Gasteiger partial charge in [-0.05, 0) is 0 Å². The van der Waals surface area contributed by atoms with E-state index in [4.69, 9.17) is 10.5 Å². The molecule has 0 bridgehead atoms. The van der Waals surface area contributed by atoms with Gasteiger partial charge in [0.25, 0.3) is 0 Å². The molecule has 0 saturated heterocycles. The molecule has 6 heteroatoms. The van der Waals surface area contributed by atoms with Crippen LogP contribution in [-0.2, 0) is 31.0 Å². The number of nitrogens with one attached hydrogen (secondary N) is 1. The molecule has 1 radical (unpaired) electrons. The Morgan fingerprint density at radius 1 is 1.22 bits per heavy atom. The molecule has 1 N–H and O–H groups in total. The summed E-state index contributed by atoms with van der Waals surface area (Å²) in [5.41, 5.74) is 9.77. The summed E-state index contributed by atoms with van der Waals surface area (Å²) in [7, 11) is 0.750. The van der Waals surface area contributed by atoms with Gasteiger partial charge in [-0.3, -0.25) is 6.08 Å². The Kier molecular flexibility index (Phi) is 34.6. The molecule has 18 heavy (non-hydrogen) atoms. The van der Waals surface area contributed by atoms with Crippen LogP contribution in [0, 0.1) is 12.0 Å². The van der Waals surface area contributed by atoms with Gasteiger partial charge in [-0.25, -0.2) is 5.57 Å². The SMILES string of the molecule is CC1=[C-]C(C)C(C)=C1C.C[SiH]C.[Cl-].[Cl-].[NH-]C=O.[Zr+4]. The Morgan fingerprint density at radius 3 is 1.56 bits per heavy atom. The van der Waals surface area contributed by atoms with Crippen molar-refractivity contribution in [2.24, 2.45) is 5.92 Å². The van der Waals surface area contributed by atoms with Gasteiger partial charge in [0.15, 0.2) is 0 Å². The summed E-state index contributed by atoms with van der Waals surface area (Å²) in [4.78, 5) is 8.47. The third-order valence-electron chi connectivity index (χ3n) is 2.24. The van der Waals surface area contributed by atoms with Crippen molar-refractivity contribution in [3.8, 4) is 0 Å². The third kappa shape index (κ3) is 14.7. The minimum absolute atomic E-state index is 0. The summed E-state index contributed by atoms with van der Waals surface area (Å²) >= 11 is 0. The average molecular weight is 387 g/mol. The molecule has 103 valence electrons. The first kappa shape index (κ1) is 31.2. The summed E-state index contributed by atoms with van der Waals surface area (Å²) in [6.45, 7) is 13.1. The summed E-state index contributed by atoms with van der Waals surface area (Å²) in [5, 5.41) is 0. The van der Waals surface area contributed by atoms with Crippen molar-refractivity contribution in [3.63, 3.8) is 0 Å². The first-order valence-corrected chi connectivity index (χ1v) is 7.39. The Labute approximate surface area is 146 Å². The number of halogens is 2. The first-order valence-electron chi connectivity index (χ1n) is 5.08. The minimum Gasteiger partial charge on any atom is -1.00 e. The van der Waals surface area contributed by atoms with Gasteiger partial charge < -0.3 is 35.3 Å². The smallest absolute Gasteiger partial charge is 1.00 e. The average Bonchev–Trinajstić information content (AvgIpc) is 2.36. The Morgan fingerprint density at radius 2 is 1.50 bits per heavy atom. The first-order chi connectivity index (χ1) is 6.95. The molecule has 0 spiro atoms. The monoisotopic (exact) mass is 384 g/mol. The van der Waals surface area contributed by atoms with Crippen molar-refractivity contribution < 1.29 is 55.8 Å². The molecule has 1 atom stereocenters. The fourth-order valence-corrected chi connectivity index (χ4v) is 1.16. The molecular formula is C12H22Cl2NOSiZr. The van der Waals surface area contributed by atoms with Crippen LogP contribution in [0.3, 0.4) is 0 Å². The number of carbonyl (C=O) groups excluding carboxylic acids is 1. The largest absolute Gasteiger partial charge is 4.00 e. The second kappa shape index (κ2) is 20.0. The van der Waals surface area contributed by atoms with Crippen LogP contribution >= 0.6 is 0 Å². The maximum atomic E-state index is 8.47. The van der Waals surface area contributed by atoms with Crippen molar-refractivity contribution >= 4 is 15.9 Å². The topological polar surface area (TPSA) is 40.9 Å². The summed E-state index contributed by atoms with van der Waals surface area (Å²) in [6, 6.07) is 0. The number of amides is 1. The molecule has 2 nitrogen and oxygen atoms in total. The van der Waals surface area contributed by atoms with Crippen molar-refractivity contribution in [1.29, 1.82) is 0 Å². The van der Waals surface area contributed by atoms with Crippen LogP contribution in [-0.4, -0.2) is 15.9 Å². The predicted molar refractivity (Wildman–Crippen MR) is 69.2 cm³/mol. The van der Waals surface area contributed by atoms with Crippen LogP contribution in [0.1, 0.15) is 27.7 Å². The third-order valence-corrected chi connectivity index (χ3v) is 2.24. The number of hydrogen-bond acceptors (Lipinski definition) is 1. The molecule has 0 aromatic carbocycles. The fraction of sp³-hybridized carbons (Fsp3) is 0.583. The van der Waals surface area contributed by atoms with E-state index >= 15 is 0 Å². The zero-order valence-electron chi connectivity index (χ0n) is 11.9. The van der Waals surface area contributed by atoms with Crippen molar-refractivity contribution in [2.45, 2.75) is 40.8 Å². The molecule has 1 aliphatic rings. The quantitative estimate of drug-likeness (QED) is 0.257. The van der Waals surface area contributed by atoms with Gasteiger partial charge in [0, 0.05) is 15.9 Å². The van der Waals surface area contributed by atoms with Crippen LogP contribution in [0.25, 0.3) is 5.73 Å². The van der Waals surface area contributed by atoms with Gasteiger partial charge in [0.2, 0.25) is 0 Å². The second-order valence-electron chi connectivity index (χ2n) is 3.49. The zero-order chi connectivity index (χ0) is 12.4. The molecule has 0 aromatic heterocycles. The van der Waals surface area contributed by atoms with E-state index in [9.17, 15) is 0 Å². The maximum absolute atomic E-state index is 8.47. The van der Waals surface area contributed by atoms with Gasteiger partial charge in [0.05, 0.1) is 0 Å². The van der Waals surface area contributed by atoms with Gasteiger partial charge >= 0.3 is 26.2 Å². The van der Waals surface area contributed by atoms with Gasteiger partial charge in [0.1, 0.15) is 0 Å². The van der Waals surface area contributed by atoms with Crippen molar-refractivity contribution in [1.82, 2.24) is 0 Å². The maximum Gasteiger partial charge on any atom is 4.00 e. The normalized spacial score (nSPS) is 15.2. The molecule has 0 heterocycles. The Bertz CT molecular complexity index is 258. The minimum atomic E-state index is 0. The van der Waals surface area contributed by atoms with E-state index in [0.29, 0.717) is 5.92 Å². The number of carbonyl (C=O) groups is 1. The van der Waals surface area contributed by atoms with E-state index in [1.54, 1.807) is 0 Å². The molecule has 0 saturated carbocycles. The van der Waals surface area contributed by atoms with Crippen LogP contribution in [0.15, 0.2) is 16.7 Å². The van der Waals surface area contributed by atoms with Gasteiger partial charge in [-0.1, -0.05) is 39.8 Å². The molecule has 1 aliphatic carbocycles. The molecule has 0 aromatic rings. The van der Waals surface area contributed by atoms with Crippen LogP contribution in [0.5, 0.6) is 0 Å². The number of rotatable bonds is 0. The molecule has 1 rings (SSSR count). The Balaban J connectivity index is -0.0000000549. The Hall–Kier alpha value is 0.630. The summed E-state index contributed by atoms with van der Waals surface area (Å²) < 4.78 is 0. The van der Waals surface area contributed by atoms with Crippen LogP contribution < -0.4 is 24.8 Å². The van der Waals surface area contributed by atoms with E-state index in [1.165, 1.54) is 16.7 Å². The van der Waals surface area contributed by atoms with E-state index in [2.05, 4.69) is 46.9 Å². The van der Waals surface area contributed by atoms with Crippen LogP contribution in [0.2, 0.25) is 13.1 Å². The van der Waals surface area contributed by atoms with E-state index < -0.39 is 0 Å². The van der Waals surface area contributed by atoms with E-state index in [0.717, 1.165) is 9.52 Å². The molecule has 1 amide bonds. The molecule has 0 aliphatic heterocycles.